The van der Waals surface area contributed by atoms with Gasteiger partial charge in [0.1, 0.15) is 0 Å². The lowest BCUT2D eigenvalue weighted by Crippen LogP contribution is -2.46. The summed E-state index contributed by atoms with van der Waals surface area (Å²) in [7, 11) is 3.51. The lowest BCUT2D eigenvalue weighted by Gasteiger charge is -2.26. The number of carbonyl (C=O) groups is 1. The quantitative estimate of drug-likeness (QED) is 0.280. The summed E-state index contributed by atoms with van der Waals surface area (Å²) in [5.74, 6) is 0.618. The molecule has 1 aromatic heterocycles. The van der Waals surface area contributed by atoms with Crippen LogP contribution in [0.5, 0.6) is 0 Å². The van der Waals surface area contributed by atoms with Gasteiger partial charge < -0.3 is 15.5 Å². The fraction of sp³-hybridized carbons (Fsp3) is 0.435. The van der Waals surface area contributed by atoms with E-state index in [1.54, 1.807) is 25.2 Å². The molecule has 0 saturated heterocycles. The SMILES string of the molecule is CN=C(NCC(=O)N(C)CCc1ccccn1)NCC(C)(C)Cc1cccc(Cl)c1.I. The largest absolute Gasteiger partial charge is 0.356 e. The molecule has 1 amide bonds. The van der Waals surface area contributed by atoms with Crippen molar-refractivity contribution in [1.29, 1.82) is 0 Å². The van der Waals surface area contributed by atoms with Gasteiger partial charge in [0.25, 0.3) is 0 Å². The van der Waals surface area contributed by atoms with E-state index < -0.39 is 0 Å². The molecule has 0 fully saturated rings. The molecule has 0 aliphatic heterocycles. The van der Waals surface area contributed by atoms with Crippen LogP contribution < -0.4 is 10.6 Å². The fourth-order valence-electron chi connectivity index (χ4n) is 3.05. The maximum atomic E-state index is 12.4. The fourth-order valence-corrected chi connectivity index (χ4v) is 3.27. The summed E-state index contributed by atoms with van der Waals surface area (Å²) in [5, 5.41) is 7.18. The molecule has 1 aromatic carbocycles. The number of benzene rings is 1. The zero-order valence-electron chi connectivity index (χ0n) is 18.7. The number of hydrogen-bond acceptors (Lipinski definition) is 3. The van der Waals surface area contributed by atoms with E-state index in [0.29, 0.717) is 19.0 Å². The van der Waals surface area contributed by atoms with Gasteiger partial charge >= 0.3 is 0 Å². The van der Waals surface area contributed by atoms with Crippen molar-refractivity contribution in [3.05, 3.63) is 64.9 Å². The lowest BCUT2D eigenvalue weighted by atomic mass is 9.86. The van der Waals surface area contributed by atoms with Gasteiger partial charge in [-0.25, -0.2) is 0 Å². The minimum Gasteiger partial charge on any atom is -0.356 e. The van der Waals surface area contributed by atoms with Crippen molar-refractivity contribution < 1.29 is 4.79 Å². The van der Waals surface area contributed by atoms with Gasteiger partial charge in [-0.15, -0.1) is 24.0 Å². The van der Waals surface area contributed by atoms with Crippen LogP contribution >= 0.6 is 35.6 Å². The molecule has 0 saturated carbocycles. The molecule has 1 heterocycles. The number of rotatable bonds is 9. The third kappa shape index (κ3) is 10.3. The Kier molecular flexibility index (Phi) is 11.8. The molecule has 0 aliphatic carbocycles. The summed E-state index contributed by atoms with van der Waals surface area (Å²) in [6.07, 6.45) is 3.38. The average Bonchev–Trinajstić information content (AvgIpc) is 2.72. The van der Waals surface area contributed by atoms with Gasteiger partial charge in [0.2, 0.25) is 5.91 Å². The van der Waals surface area contributed by atoms with E-state index in [-0.39, 0.29) is 41.8 Å². The summed E-state index contributed by atoms with van der Waals surface area (Å²) < 4.78 is 0. The number of nitrogens with one attached hydrogen (secondary N) is 2. The molecule has 0 unspecified atom stereocenters. The smallest absolute Gasteiger partial charge is 0.241 e. The molecule has 0 atom stereocenters. The first kappa shape index (κ1) is 27.2. The highest BCUT2D eigenvalue weighted by Gasteiger charge is 2.19. The maximum Gasteiger partial charge on any atom is 0.241 e. The molecule has 6 nitrogen and oxygen atoms in total. The van der Waals surface area contributed by atoms with Crippen LogP contribution in [-0.4, -0.2) is 55.5 Å². The molecular weight excluding hydrogens is 525 g/mol. The first-order chi connectivity index (χ1) is 14.3. The van der Waals surface area contributed by atoms with Crippen LogP contribution in [0.2, 0.25) is 5.02 Å². The Bertz CT molecular complexity index is 845. The van der Waals surface area contributed by atoms with Crippen molar-refractivity contribution in [2.24, 2.45) is 10.4 Å². The second-order valence-corrected chi connectivity index (χ2v) is 8.57. The van der Waals surface area contributed by atoms with Gasteiger partial charge in [-0.05, 0) is 41.7 Å². The standard InChI is InChI=1S/C23H32ClN5O.HI/c1-23(2,15-18-8-7-9-19(24)14-18)17-28-22(25-3)27-16-21(30)29(4)13-11-20-10-5-6-12-26-20;/h5-10,12,14H,11,13,15-17H2,1-4H3,(H2,25,27,28);1H. The van der Waals surface area contributed by atoms with Gasteiger partial charge in [0.05, 0.1) is 6.54 Å². The topological polar surface area (TPSA) is 69.6 Å². The zero-order chi connectivity index (χ0) is 22.0. The highest BCUT2D eigenvalue weighted by Crippen LogP contribution is 2.22. The second-order valence-electron chi connectivity index (χ2n) is 8.14. The van der Waals surface area contributed by atoms with E-state index in [0.717, 1.165) is 23.6 Å². The maximum absolute atomic E-state index is 12.4. The van der Waals surface area contributed by atoms with Gasteiger partial charge in [-0.3, -0.25) is 14.8 Å². The zero-order valence-corrected chi connectivity index (χ0v) is 21.8. The van der Waals surface area contributed by atoms with Crippen molar-refractivity contribution in [2.45, 2.75) is 26.7 Å². The van der Waals surface area contributed by atoms with Crippen LogP contribution in [0.1, 0.15) is 25.1 Å². The van der Waals surface area contributed by atoms with E-state index in [9.17, 15) is 4.79 Å². The van der Waals surface area contributed by atoms with Gasteiger partial charge in [-0.2, -0.15) is 0 Å². The summed E-state index contributed by atoms with van der Waals surface area (Å²) in [5.41, 5.74) is 2.16. The third-order valence-corrected chi connectivity index (χ3v) is 5.03. The minimum absolute atomic E-state index is 0. The number of halogens is 2. The molecule has 31 heavy (non-hydrogen) atoms. The molecule has 2 rings (SSSR count). The number of carbonyl (C=O) groups excluding carboxylic acids is 1. The number of amides is 1. The highest BCUT2D eigenvalue weighted by atomic mass is 127. The molecule has 2 aromatic rings. The van der Waals surface area contributed by atoms with E-state index in [1.165, 1.54) is 5.56 Å². The minimum atomic E-state index is -0.00815. The predicted octanol–water partition coefficient (Wildman–Crippen LogP) is 3.79. The molecule has 170 valence electrons. The molecular formula is C23H33ClIN5O. The first-order valence-corrected chi connectivity index (χ1v) is 10.5. The van der Waals surface area contributed by atoms with Crippen molar-refractivity contribution >= 4 is 47.4 Å². The Hall–Kier alpha value is -1.87. The van der Waals surface area contributed by atoms with E-state index in [4.69, 9.17) is 11.6 Å². The van der Waals surface area contributed by atoms with Crippen LogP contribution in [0.4, 0.5) is 0 Å². The van der Waals surface area contributed by atoms with Crippen molar-refractivity contribution in [3.63, 3.8) is 0 Å². The van der Waals surface area contributed by atoms with E-state index >= 15 is 0 Å². The van der Waals surface area contributed by atoms with Crippen molar-refractivity contribution in [2.75, 3.05) is 33.7 Å². The summed E-state index contributed by atoms with van der Waals surface area (Å²) in [6.45, 7) is 5.89. The van der Waals surface area contributed by atoms with Crippen molar-refractivity contribution in [3.8, 4) is 0 Å². The van der Waals surface area contributed by atoms with Gasteiger partial charge in [-0.1, -0.05) is 43.6 Å². The Labute approximate surface area is 207 Å². The molecule has 2 N–H and O–H groups in total. The second kappa shape index (κ2) is 13.5. The van der Waals surface area contributed by atoms with Crippen molar-refractivity contribution in [1.82, 2.24) is 20.5 Å². The molecule has 8 heteroatoms. The number of hydrogen-bond donors (Lipinski definition) is 2. The molecule has 0 bridgehead atoms. The van der Waals surface area contributed by atoms with Gasteiger partial charge in [0.15, 0.2) is 5.96 Å². The average molecular weight is 558 g/mol. The van der Waals surface area contributed by atoms with E-state index in [1.807, 2.05) is 36.4 Å². The summed E-state index contributed by atoms with van der Waals surface area (Å²) in [4.78, 5) is 22.6. The van der Waals surface area contributed by atoms with Crippen LogP contribution in [0, 0.1) is 5.41 Å². The van der Waals surface area contributed by atoms with E-state index in [2.05, 4.69) is 40.5 Å². The number of likely N-dealkylation sites (N-methyl/N-ethyl adjacent to an activating group) is 1. The Morgan fingerprint density at radius 1 is 1.19 bits per heavy atom. The summed E-state index contributed by atoms with van der Waals surface area (Å²) >= 11 is 6.09. The summed E-state index contributed by atoms with van der Waals surface area (Å²) in [6, 6.07) is 13.7. The highest BCUT2D eigenvalue weighted by molar-refractivity contribution is 14.0. The Balaban J connectivity index is 0.00000480. The van der Waals surface area contributed by atoms with Crippen LogP contribution in [0.3, 0.4) is 0 Å². The number of nitrogens with zero attached hydrogens (tertiary/aromatic N) is 3. The predicted molar refractivity (Wildman–Crippen MR) is 139 cm³/mol. The number of aromatic nitrogens is 1. The normalized spacial score (nSPS) is 11.5. The van der Waals surface area contributed by atoms with Crippen LogP contribution in [0.15, 0.2) is 53.7 Å². The first-order valence-electron chi connectivity index (χ1n) is 10.1. The Morgan fingerprint density at radius 3 is 2.61 bits per heavy atom. The number of aliphatic imine (C=N–C) groups is 1. The van der Waals surface area contributed by atoms with Gasteiger partial charge in [0, 0.05) is 50.5 Å². The molecule has 0 aliphatic rings. The molecule has 0 spiro atoms. The third-order valence-electron chi connectivity index (χ3n) is 4.79. The monoisotopic (exact) mass is 557 g/mol. The lowest BCUT2D eigenvalue weighted by molar-refractivity contribution is -0.128. The number of guanidine groups is 1. The van der Waals surface area contributed by atoms with Crippen LogP contribution in [0.25, 0.3) is 0 Å². The Morgan fingerprint density at radius 2 is 1.97 bits per heavy atom. The number of pyridine rings is 1. The molecule has 0 radical (unpaired) electrons. The van der Waals surface area contributed by atoms with Crippen LogP contribution in [-0.2, 0) is 17.6 Å².